The highest BCUT2D eigenvalue weighted by Crippen LogP contribution is 2.29. The van der Waals surface area contributed by atoms with E-state index in [-0.39, 0.29) is 0 Å². The van der Waals surface area contributed by atoms with Crippen LogP contribution in [0.5, 0.6) is 0 Å². The Balaban J connectivity index is 1.92. The van der Waals surface area contributed by atoms with Crippen LogP contribution in [0.3, 0.4) is 0 Å². The van der Waals surface area contributed by atoms with Gasteiger partial charge in [0.1, 0.15) is 5.82 Å². The van der Waals surface area contributed by atoms with Crippen molar-refractivity contribution < 1.29 is 0 Å². The van der Waals surface area contributed by atoms with Gasteiger partial charge in [-0.05, 0) is 25.2 Å². The van der Waals surface area contributed by atoms with E-state index < -0.39 is 0 Å². The Morgan fingerprint density at radius 2 is 1.74 bits per heavy atom. The summed E-state index contributed by atoms with van der Waals surface area (Å²) in [4.78, 5) is 9.37. The van der Waals surface area contributed by atoms with Crippen LogP contribution in [0.25, 0.3) is 21.8 Å². The fourth-order valence-electron chi connectivity index (χ4n) is 3.20. The molecule has 0 unspecified atom stereocenters. The maximum Gasteiger partial charge on any atom is 0.129 e. The quantitative estimate of drug-likeness (QED) is 0.696. The van der Waals surface area contributed by atoms with E-state index in [0.29, 0.717) is 0 Å². The average Bonchev–Trinajstić information content (AvgIpc) is 2.88. The third-order valence-electron chi connectivity index (χ3n) is 4.82. The normalized spacial score (nSPS) is 11.7. The standard InChI is InChI=1S/C19H26N4/c1-5-23(6-2)12-11-21(3)19-13-16-15-9-7-8-10-17(15)22(4)18(16)14-20-19/h7-10,13-14H,5-6,11-12H2,1-4H3. The Hall–Kier alpha value is -2.07. The van der Waals surface area contributed by atoms with Crippen LogP contribution in [-0.4, -0.2) is 47.7 Å². The molecule has 4 heteroatoms. The summed E-state index contributed by atoms with van der Waals surface area (Å²) < 4.78 is 2.22. The van der Waals surface area contributed by atoms with Gasteiger partial charge in [0.05, 0.1) is 11.7 Å². The van der Waals surface area contributed by atoms with Crippen LogP contribution < -0.4 is 4.90 Å². The Morgan fingerprint density at radius 1 is 1.00 bits per heavy atom. The number of nitrogens with zero attached hydrogens (tertiary/aromatic N) is 4. The maximum absolute atomic E-state index is 4.68. The molecule has 0 aliphatic heterocycles. The predicted molar refractivity (Wildman–Crippen MR) is 99.3 cm³/mol. The van der Waals surface area contributed by atoms with Crippen LogP contribution in [0.15, 0.2) is 36.5 Å². The van der Waals surface area contributed by atoms with Crippen molar-refractivity contribution in [3.63, 3.8) is 0 Å². The molecule has 0 aliphatic carbocycles. The van der Waals surface area contributed by atoms with Gasteiger partial charge in [-0.2, -0.15) is 0 Å². The second kappa shape index (κ2) is 6.59. The highest BCUT2D eigenvalue weighted by atomic mass is 15.2. The van der Waals surface area contributed by atoms with Crippen molar-refractivity contribution in [2.45, 2.75) is 13.8 Å². The Bertz CT molecular complexity index is 802. The van der Waals surface area contributed by atoms with Gasteiger partial charge in [-0.3, -0.25) is 0 Å². The number of aromatic nitrogens is 2. The minimum atomic E-state index is 0.991. The largest absolute Gasteiger partial charge is 0.358 e. The van der Waals surface area contributed by atoms with Gasteiger partial charge >= 0.3 is 0 Å². The lowest BCUT2D eigenvalue weighted by Crippen LogP contribution is -2.33. The minimum Gasteiger partial charge on any atom is -0.358 e. The monoisotopic (exact) mass is 310 g/mol. The van der Waals surface area contributed by atoms with Crippen molar-refractivity contribution in [3.05, 3.63) is 36.5 Å². The third kappa shape index (κ3) is 2.91. The second-order valence-electron chi connectivity index (χ2n) is 6.08. The summed E-state index contributed by atoms with van der Waals surface area (Å²) in [5, 5.41) is 2.58. The molecule has 2 heterocycles. The van der Waals surface area contributed by atoms with E-state index in [0.717, 1.165) is 32.0 Å². The number of hydrogen-bond donors (Lipinski definition) is 0. The molecule has 0 amide bonds. The van der Waals surface area contributed by atoms with Gasteiger partial charge in [0.25, 0.3) is 0 Å². The van der Waals surface area contributed by atoms with Crippen LogP contribution in [0.2, 0.25) is 0 Å². The number of aryl methyl sites for hydroxylation is 1. The van der Waals surface area contributed by atoms with Gasteiger partial charge in [0, 0.05) is 43.5 Å². The zero-order chi connectivity index (χ0) is 16.4. The number of anilines is 1. The smallest absolute Gasteiger partial charge is 0.129 e. The van der Waals surface area contributed by atoms with Gasteiger partial charge in [-0.25, -0.2) is 4.98 Å². The lowest BCUT2D eigenvalue weighted by atomic mass is 10.2. The first kappa shape index (κ1) is 15.8. The van der Waals surface area contributed by atoms with Crippen LogP contribution in [-0.2, 0) is 7.05 Å². The molecule has 1 aromatic carbocycles. The van der Waals surface area contributed by atoms with E-state index >= 15 is 0 Å². The van der Waals surface area contributed by atoms with Gasteiger partial charge in [0.15, 0.2) is 0 Å². The van der Waals surface area contributed by atoms with E-state index in [1.807, 2.05) is 6.20 Å². The molecule has 0 bridgehead atoms. The molecular weight excluding hydrogens is 284 g/mol. The topological polar surface area (TPSA) is 24.3 Å². The molecule has 0 atom stereocenters. The average molecular weight is 310 g/mol. The molecule has 0 fully saturated rings. The summed E-state index contributed by atoms with van der Waals surface area (Å²) in [7, 11) is 4.24. The summed E-state index contributed by atoms with van der Waals surface area (Å²) in [6.45, 7) is 8.68. The third-order valence-corrected chi connectivity index (χ3v) is 4.82. The zero-order valence-electron chi connectivity index (χ0n) is 14.6. The summed E-state index contributed by atoms with van der Waals surface area (Å²) in [6.07, 6.45) is 2.00. The summed E-state index contributed by atoms with van der Waals surface area (Å²) >= 11 is 0. The van der Waals surface area contributed by atoms with Crippen LogP contribution >= 0.6 is 0 Å². The van der Waals surface area contributed by atoms with Crippen molar-refractivity contribution >= 4 is 27.6 Å². The second-order valence-corrected chi connectivity index (χ2v) is 6.08. The molecule has 0 saturated heterocycles. The number of para-hydroxylation sites is 1. The van der Waals surface area contributed by atoms with Crippen molar-refractivity contribution in [3.8, 4) is 0 Å². The van der Waals surface area contributed by atoms with Gasteiger partial charge < -0.3 is 14.4 Å². The summed E-state index contributed by atoms with van der Waals surface area (Å²) in [6, 6.07) is 10.8. The van der Waals surface area contributed by atoms with Crippen molar-refractivity contribution in [2.75, 3.05) is 38.1 Å². The van der Waals surface area contributed by atoms with Crippen molar-refractivity contribution in [2.24, 2.45) is 7.05 Å². The Morgan fingerprint density at radius 3 is 2.48 bits per heavy atom. The molecule has 3 rings (SSSR count). The van der Waals surface area contributed by atoms with E-state index in [1.165, 1.54) is 21.8 Å². The van der Waals surface area contributed by atoms with Crippen LogP contribution in [0.4, 0.5) is 5.82 Å². The van der Waals surface area contributed by atoms with E-state index in [9.17, 15) is 0 Å². The van der Waals surface area contributed by atoms with Gasteiger partial charge in [0.2, 0.25) is 0 Å². The lowest BCUT2D eigenvalue weighted by molar-refractivity contribution is 0.311. The molecule has 4 nitrogen and oxygen atoms in total. The fourth-order valence-corrected chi connectivity index (χ4v) is 3.20. The number of pyridine rings is 1. The predicted octanol–water partition coefficient (Wildman–Crippen LogP) is 3.50. The number of hydrogen-bond acceptors (Lipinski definition) is 3. The Labute approximate surface area is 138 Å². The van der Waals surface area contributed by atoms with Crippen LogP contribution in [0.1, 0.15) is 13.8 Å². The molecule has 122 valence electrons. The Kier molecular flexibility index (Phi) is 4.53. The van der Waals surface area contributed by atoms with Crippen LogP contribution in [0, 0.1) is 0 Å². The summed E-state index contributed by atoms with van der Waals surface area (Å²) in [5.74, 6) is 1.04. The van der Waals surface area contributed by atoms with Gasteiger partial charge in [-0.1, -0.05) is 32.0 Å². The van der Waals surface area contributed by atoms with Crippen molar-refractivity contribution in [1.82, 2.24) is 14.5 Å². The highest BCUT2D eigenvalue weighted by molar-refractivity contribution is 6.08. The molecular formula is C19H26N4. The van der Waals surface area contributed by atoms with E-state index in [4.69, 9.17) is 0 Å². The first-order chi connectivity index (χ1) is 11.2. The first-order valence-corrected chi connectivity index (χ1v) is 8.42. The molecule has 0 spiro atoms. The molecule has 2 aromatic heterocycles. The fraction of sp³-hybridized carbons (Fsp3) is 0.421. The van der Waals surface area contributed by atoms with E-state index in [2.05, 4.69) is 77.6 Å². The molecule has 0 saturated carbocycles. The first-order valence-electron chi connectivity index (χ1n) is 8.42. The molecule has 0 aliphatic rings. The lowest BCUT2D eigenvalue weighted by Gasteiger charge is -2.23. The number of fused-ring (bicyclic) bond motifs is 3. The highest BCUT2D eigenvalue weighted by Gasteiger charge is 2.11. The number of benzene rings is 1. The SMILES string of the molecule is CCN(CC)CCN(C)c1cc2c3ccccc3n(C)c2cn1. The molecule has 3 aromatic rings. The molecule has 23 heavy (non-hydrogen) atoms. The molecule has 0 N–H and O–H groups in total. The van der Waals surface area contributed by atoms with E-state index in [1.54, 1.807) is 0 Å². The number of rotatable bonds is 6. The number of likely N-dealkylation sites (N-methyl/N-ethyl adjacent to an activating group) is 2. The maximum atomic E-state index is 4.68. The zero-order valence-corrected chi connectivity index (χ0v) is 14.6. The summed E-state index contributed by atoms with van der Waals surface area (Å²) in [5.41, 5.74) is 2.44. The van der Waals surface area contributed by atoms with Gasteiger partial charge in [-0.15, -0.1) is 0 Å². The molecule has 0 radical (unpaired) electrons. The minimum absolute atomic E-state index is 0.991. The van der Waals surface area contributed by atoms with Crippen molar-refractivity contribution in [1.29, 1.82) is 0 Å².